The molecule has 0 aliphatic heterocycles. The number of amides is 3. The van der Waals surface area contributed by atoms with Gasteiger partial charge in [-0.05, 0) is 47.7 Å². The van der Waals surface area contributed by atoms with Gasteiger partial charge < -0.3 is 26.2 Å². The molecule has 0 bridgehead atoms. The van der Waals surface area contributed by atoms with Crippen LogP contribution in [0.4, 0.5) is 4.39 Å². The van der Waals surface area contributed by atoms with Crippen LogP contribution in [0.2, 0.25) is 0 Å². The topological polar surface area (TPSA) is 145 Å². The molecule has 0 radical (unpaired) electrons. The summed E-state index contributed by atoms with van der Waals surface area (Å²) in [6.07, 6.45) is 0. The largest absolute Gasteiger partial charge is 0.505 e. The number of thiophene rings is 2. The first kappa shape index (κ1) is 24.9. The molecule has 3 aromatic rings. The molecule has 1 aromatic carbocycles. The molecule has 34 heavy (non-hydrogen) atoms. The maximum Gasteiger partial charge on any atom is 0.328 e. The van der Waals surface area contributed by atoms with E-state index in [0.29, 0.717) is 16.0 Å². The Morgan fingerprint density at radius 1 is 1.03 bits per heavy atom. The van der Waals surface area contributed by atoms with Gasteiger partial charge >= 0.3 is 5.97 Å². The van der Waals surface area contributed by atoms with Crippen molar-refractivity contribution in [3.05, 3.63) is 73.4 Å². The minimum absolute atomic E-state index is 0.0240. The van der Waals surface area contributed by atoms with E-state index in [9.17, 15) is 33.8 Å². The van der Waals surface area contributed by atoms with Crippen molar-refractivity contribution in [2.24, 2.45) is 0 Å². The van der Waals surface area contributed by atoms with Gasteiger partial charge in [0.15, 0.2) is 11.6 Å². The third-order valence-electron chi connectivity index (χ3n) is 4.63. The molecule has 5 N–H and O–H groups in total. The predicted octanol–water partition coefficient (Wildman–Crippen LogP) is 2.51. The zero-order chi connectivity index (χ0) is 24.8. The Bertz CT molecular complexity index is 1230. The number of phenolic OH excluding ortho intramolecular Hbond substituents is 1. The summed E-state index contributed by atoms with van der Waals surface area (Å²) >= 11 is 2.08. The Balaban J connectivity index is 1.61. The van der Waals surface area contributed by atoms with E-state index in [4.69, 9.17) is 0 Å². The lowest BCUT2D eigenvalue weighted by atomic mass is 10.2. The number of carboxylic acid groups (broad SMARTS) is 1. The van der Waals surface area contributed by atoms with Crippen molar-refractivity contribution in [2.45, 2.75) is 19.5 Å². The molecule has 0 fully saturated rings. The smallest absolute Gasteiger partial charge is 0.328 e. The van der Waals surface area contributed by atoms with Gasteiger partial charge in [0.1, 0.15) is 6.04 Å². The van der Waals surface area contributed by atoms with E-state index in [2.05, 4.69) is 16.0 Å². The van der Waals surface area contributed by atoms with Crippen LogP contribution in [-0.4, -0.2) is 46.5 Å². The molecule has 2 aromatic heterocycles. The zero-order valence-corrected chi connectivity index (χ0v) is 19.4. The molecular weight excluding hydrogens is 485 g/mol. The van der Waals surface area contributed by atoms with Crippen LogP contribution < -0.4 is 16.0 Å². The molecule has 9 nitrogen and oxygen atoms in total. The fraction of sp³-hybridized carbons (Fsp3) is 0.182. The van der Waals surface area contributed by atoms with E-state index in [-0.39, 0.29) is 22.8 Å². The predicted molar refractivity (Wildman–Crippen MR) is 124 cm³/mol. The molecule has 12 heteroatoms. The van der Waals surface area contributed by atoms with E-state index in [1.54, 1.807) is 24.4 Å². The van der Waals surface area contributed by atoms with Crippen LogP contribution in [0.1, 0.15) is 40.1 Å². The van der Waals surface area contributed by atoms with Crippen molar-refractivity contribution in [2.75, 3.05) is 6.54 Å². The minimum Gasteiger partial charge on any atom is -0.505 e. The highest BCUT2D eigenvalue weighted by Gasteiger charge is 2.25. The van der Waals surface area contributed by atoms with Crippen molar-refractivity contribution < 1.29 is 33.8 Å². The van der Waals surface area contributed by atoms with Gasteiger partial charge in [-0.2, -0.15) is 0 Å². The second-order valence-electron chi connectivity index (χ2n) is 7.14. The van der Waals surface area contributed by atoms with Gasteiger partial charge in [-0.25, -0.2) is 9.18 Å². The number of aliphatic carboxylic acids is 1. The lowest BCUT2D eigenvalue weighted by Crippen LogP contribution is -2.48. The molecule has 0 saturated heterocycles. The summed E-state index contributed by atoms with van der Waals surface area (Å²) in [5.74, 6) is -4.26. The van der Waals surface area contributed by atoms with E-state index in [0.717, 1.165) is 17.4 Å². The van der Waals surface area contributed by atoms with E-state index in [1.807, 2.05) is 0 Å². The summed E-state index contributed by atoms with van der Waals surface area (Å²) in [5.41, 5.74) is 0.950. The minimum atomic E-state index is -1.37. The molecule has 0 aliphatic rings. The van der Waals surface area contributed by atoms with Crippen LogP contribution in [0.25, 0.3) is 0 Å². The van der Waals surface area contributed by atoms with Crippen LogP contribution >= 0.6 is 22.7 Å². The highest BCUT2D eigenvalue weighted by molar-refractivity contribution is 7.16. The van der Waals surface area contributed by atoms with Crippen LogP contribution in [0.3, 0.4) is 0 Å². The number of hydrogen-bond acceptors (Lipinski definition) is 7. The van der Waals surface area contributed by atoms with Crippen molar-refractivity contribution in [3.63, 3.8) is 0 Å². The van der Waals surface area contributed by atoms with E-state index >= 15 is 0 Å². The number of halogens is 1. The van der Waals surface area contributed by atoms with Crippen molar-refractivity contribution >= 4 is 46.4 Å². The van der Waals surface area contributed by atoms with Crippen LogP contribution in [0.5, 0.6) is 5.75 Å². The summed E-state index contributed by atoms with van der Waals surface area (Å²) in [6.45, 7) is 1.31. The molecule has 3 rings (SSSR count). The second-order valence-corrected chi connectivity index (χ2v) is 9.14. The van der Waals surface area contributed by atoms with Gasteiger partial charge in [0, 0.05) is 13.1 Å². The lowest BCUT2D eigenvalue weighted by Gasteiger charge is -2.15. The maximum absolute atomic E-state index is 13.1. The third kappa shape index (κ3) is 6.17. The van der Waals surface area contributed by atoms with Crippen molar-refractivity contribution in [1.82, 2.24) is 16.0 Å². The molecule has 3 amide bonds. The van der Waals surface area contributed by atoms with Gasteiger partial charge in [0.25, 0.3) is 17.7 Å². The first-order valence-corrected chi connectivity index (χ1v) is 11.6. The standard InChI is InChI=1S/C22H20FN3O6S2/c1-11-7-17(20(29)24-9-12-4-5-13(23)15(27)8-12)34-18(11)21(30)26-14(22(31)32)10-25-19(28)16-3-2-6-33-16/h2-8,14,27H,9-10H2,1H3,(H,24,29)(H,25,28)(H,26,30)(H,31,32). The first-order chi connectivity index (χ1) is 16.2. The molecule has 1 unspecified atom stereocenters. The number of phenols is 1. The maximum atomic E-state index is 13.1. The van der Waals surface area contributed by atoms with Crippen molar-refractivity contribution in [1.29, 1.82) is 0 Å². The Morgan fingerprint density at radius 3 is 2.41 bits per heavy atom. The van der Waals surface area contributed by atoms with Crippen LogP contribution in [0.15, 0.2) is 41.8 Å². The Kier molecular flexibility index (Phi) is 7.97. The molecule has 178 valence electrons. The quantitative estimate of drug-likeness (QED) is 0.302. The number of carbonyl (C=O) groups excluding carboxylic acids is 3. The highest BCUT2D eigenvalue weighted by atomic mass is 32.1. The number of carboxylic acids is 1. The monoisotopic (exact) mass is 505 g/mol. The highest BCUT2D eigenvalue weighted by Crippen LogP contribution is 2.22. The Labute approximate surface area is 201 Å². The number of aryl methyl sites for hydroxylation is 1. The SMILES string of the molecule is Cc1cc(C(=O)NCc2ccc(F)c(O)c2)sc1C(=O)NC(CNC(=O)c1cccs1)C(=O)O. The summed E-state index contributed by atoms with van der Waals surface area (Å²) in [5, 5.41) is 28.0. The third-order valence-corrected chi connectivity index (χ3v) is 6.73. The molecule has 2 heterocycles. The summed E-state index contributed by atoms with van der Waals surface area (Å²) in [4.78, 5) is 49.5. The van der Waals surface area contributed by atoms with E-state index in [1.165, 1.54) is 29.5 Å². The fourth-order valence-corrected chi connectivity index (χ4v) is 4.50. The zero-order valence-electron chi connectivity index (χ0n) is 17.8. The summed E-state index contributed by atoms with van der Waals surface area (Å²) < 4.78 is 13.1. The second kappa shape index (κ2) is 10.9. The van der Waals surface area contributed by atoms with Crippen LogP contribution in [-0.2, 0) is 11.3 Å². The number of nitrogens with one attached hydrogen (secondary N) is 3. The normalized spacial score (nSPS) is 11.5. The van der Waals surface area contributed by atoms with Crippen LogP contribution in [0, 0.1) is 12.7 Å². The Hall–Kier alpha value is -3.77. The number of benzene rings is 1. The molecule has 0 aliphatic carbocycles. The van der Waals surface area contributed by atoms with Gasteiger partial charge in [0.2, 0.25) is 0 Å². The van der Waals surface area contributed by atoms with E-state index < -0.39 is 41.3 Å². The number of aromatic hydroxyl groups is 1. The summed E-state index contributed by atoms with van der Waals surface area (Å²) in [6, 6.07) is 7.08. The summed E-state index contributed by atoms with van der Waals surface area (Å²) in [7, 11) is 0. The van der Waals surface area contributed by atoms with Gasteiger partial charge in [-0.3, -0.25) is 14.4 Å². The lowest BCUT2D eigenvalue weighted by molar-refractivity contribution is -0.139. The Morgan fingerprint density at radius 2 is 1.76 bits per heavy atom. The van der Waals surface area contributed by atoms with Gasteiger partial charge in [-0.1, -0.05) is 12.1 Å². The fourth-order valence-electron chi connectivity index (χ4n) is 2.87. The molecule has 1 atom stereocenters. The first-order valence-electron chi connectivity index (χ1n) is 9.87. The van der Waals surface area contributed by atoms with Gasteiger partial charge in [0.05, 0.1) is 14.6 Å². The number of carbonyl (C=O) groups is 4. The molecular formula is C22H20FN3O6S2. The number of hydrogen-bond donors (Lipinski definition) is 5. The van der Waals surface area contributed by atoms with Gasteiger partial charge in [-0.15, -0.1) is 22.7 Å². The average Bonchev–Trinajstić information content (AvgIpc) is 3.47. The molecule has 0 spiro atoms. The molecule has 0 saturated carbocycles. The number of rotatable bonds is 9. The van der Waals surface area contributed by atoms with Crippen molar-refractivity contribution in [3.8, 4) is 5.75 Å². The average molecular weight is 506 g/mol.